The molecule has 1 heteroatoms. The maximum atomic E-state index is 11.5. The smallest absolute Gasteiger partial charge is 0.155 e. The Labute approximate surface area is 103 Å². The molecule has 1 nitrogen and oxygen atoms in total. The van der Waals surface area contributed by atoms with Crippen molar-refractivity contribution in [3.8, 4) is 0 Å². The van der Waals surface area contributed by atoms with Crippen LogP contribution in [0, 0.1) is 0 Å². The molecule has 0 spiro atoms. The second-order valence-corrected chi connectivity index (χ2v) is 5.20. The molecule has 0 heterocycles. The fraction of sp³-hybridized carbons (Fsp3) is 0.438. The van der Waals surface area contributed by atoms with Crippen molar-refractivity contribution in [3.05, 3.63) is 41.5 Å². The van der Waals surface area contributed by atoms with Crippen LogP contribution in [0.25, 0.3) is 5.57 Å². The Hall–Kier alpha value is -1.37. The molecule has 0 unspecified atom stereocenters. The third-order valence-corrected chi connectivity index (χ3v) is 4.06. The third-order valence-electron chi connectivity index (χ3n) is 4.06. The van der Waals surface area contributed by atoms with Gasteiger partial charge in [0.15, 0.2) is 5.78 Å². The summed E-state index contributed by atoms with van der Waals surface area (Å²) in [5, 5.41) is 0. The van der Waals surface area contributed by atoms with Gasteiger partial charge in [-0.3, -0.25) is 4.79 Å². The fourth-order valence-corrected chi connectivity index (χ4v) is 2.87. The van der Waals surface area contributed by atoms with E-state index < -0.39 is 0 Å². The van der Waals surface area contributed by atoms with Gasteiger partial charge in [0, 0.05) is 6.42 Å². The van der Waals surface area contributed by atoms with Crippen LogP contribution < -0.4 is 0 Å². The first-order valence-electron chi connectivity index (χ1n) is 6.67. The molecule has 0 atom stereocenters. The molecule has 0 aliphatic heterocycles. The zero-order valence-corrected chi connectivity index (χ0v) is 10.1. The van der Waals surface area contributed by atoms with Crippen molar-refractivity contribution in [1.82, 2.24) is 0 Å². The zero-order chi connectivity index (χ0) is 11.7. The SMILES string of the molecule is O=C1C=C(c2ccccc2C2CCC2)CCC1. The minimum atomic E-state index is 0.301. The van der Waals surface area contributed by atoms with Gasteiger partial charge in [-0.25, -0.2) is 0 Å². The first-order chi connectivity index (χ1) is 8.34. The summed E-state index contributed by atoms with van der Waals surface area (Å²) < 4.78 is 0. The Morgan fingerprint density at radius 1 is 1.00 bits per heavy atom. The van der Waals surface area contributed by atoms with Crippen LogP contribution in [0.4, 0.5) is 0 Å². The number of hydrogen-bond acceptors (Lipinski definition) is 1. The Morgan fingerprint density at radius 3 is 2.53 bits per heavy atom. The zero-order valence-electron chi connectivity index (χ0n) is 10.1. The van der Waals surface area contributed by atoms with Gasteiger partial charge in [0.1, 0.15) is 0 Å². The molecular weight excluding hydrogens is 208 g/mol. The lowest BCUT2D eigenvalue weighted by Crippen LogP contribution is -2.12. The fourth-order valence-electron chi connectivity index (χ4n) is 2.87. The van der Waals surface area contributed by atoms with E-state index in [0.29, 0.717) is 5.78 Å². The topological polar surface area (TPSA) is 17.1 Å². The molecule has 17 heavy (non-hydrogen) atoms. The van der Waals surface area contributed by atoms with E-state index in [1.165, 1.54) is 36.0 Å². The first-order valence-corrected chi connectivity index (χ1v) is 6.67. The third kappa shape index (κ3) is 2.06. The van der Waals surface area contributed by atoms with Gasteiger partial charge in [0.25, 0.3) is 0 Å². The Kier molecular flexibility index (Phi) is 2.84. The van der Waals surface area contributed by atoms with Crippen molar-refractivity contribution < 1.29 is 4.79 Å². The number of benzene rings is 1. The van der Waals surface area contributed by atoms with Crippen LogP contribution in [0.3, 0.4) is 0 Å². The summed E-state index contributed by atoms with van der Waals surface area (Å²) >= 11 is 0. The molecule has 1 aromatic carbocycles. The van der Waals surface area contributed by atoms with Crippen molar-refractivity contribution in [2.75, 3.05) is 0 Å². The first kappa shape index (κ1) is 10.8. The number of carbonyl (C=O) groups excluding carboxylic acids is 1. The van der Waals surface area contributed by atoms with Gasteiger partial charge in [-0.1, -0.05) is 30.7 Å². The molecule has 0 N–H and O–H groups in total. The predicted molar refractivity (Wildman–Crippen MR) is 69.9 cm³/mol. The van der Waals surface area contributed by atoms with Gasteiger partial charge < -0.3 is 0 Å². The summed E-state index contributed by atoms with van der Waals surface area (Å²) in [5.74, 6) is 1.04. The van der Waals surface area contributed by atoms with E-state index in [9.17, 15) is 4.79 Å². The summed E-state index contributed by atoms with van der Waals surface area (Å²) in [7, 11) is 0. The minimum Gasteiger partial charge on any atom is -0.295 e. The Bertz CT molecular complexity index is 466. The summed E-state index contributed by atoms with van der Waals surface area (Å²) in [6.07, 6.45) is 8.68. The molecule has 0 saturated heterocycles. The molecule has 0 radical (unpaired) electrons. The molecule has 0 aromatic heterocycles. The van der Waals surface area contributed by atoms with Gasteiger partial charge in [0.05, 0.1) is 0 Å². The number of allylic oxidation sites excluding steroid dienone is 2. The molecule has 1 fully saturated rings. The second kappa shape index (κ2) is 4.48. The van der Waals surface area contributed by atoms with Crippen molar-refractivity contribution in [2.45, 2.75) is 44.4 Å². The Morgan fingerprint density at radius 2 is 1.82 bits per heavy atom. The highest BCUT2D eigenvalue weighted by atomic mass is 16.1. The average molecular weight is 226 g/mol. The van der Waals surface area contributed by atoms with Crippen molar-refractivity contribution in [2.24, 2.45) is 0 Å². The lowest BCUT2D eigenvalue weighted by Gasteiger charge is -2.29. The molecule has 3 rings (SSSR count). The highest BCUT2D eigenvalue weighted by molar-refractivity contribution is 5.98. The monoisotopic (exact) mass is 226 g/mol. The standard InChI is InChI=1S/C16H18O/c17-14-8-4-7-13(11-14)16-10-2-1-9-15(16)12-5-3-6-12/h1-2,9-12H,3-8H2. The lowest BCUT2D eigenvalue weighted by atomic mass is 9.76. The highest BCUT2D eigenvalue weighted by Crippen LogP contribution is 2.40. The van der Waals surface area contributed by atoms with Crippen molar-refractivity contribution in [3.63, 3.8) is 0 Å². The molecule has 1 aromatic rings. The minimum absolute atomic E-state index is 0.301. The normalized spacial score (nSPS) is 20.9. The van der Waals surface area contributed by atoms with Gasteiger partial charge in [0.2, 0.25) is 0 Å². The number of ketones is 1. The van der Waals surface area contributed by atoms with Gasteiger partial charge in [-0.2, -0.15) is 0 Å². The molecule has 0 bridgehead atoms. The second-order valence-electron chi connectivity index (χ2n) is 5.20. The molecule has 0 amide bonds. The van der Waals surface area contributed by atoms with Crippen molar-refractivity contribution >= 4 is 11.4 Å². The van der Waals surface area contributed by atoms with E-state index in [4.69, 9.17) is 0 Å². The number of rotatable bonds is 2. The van der Waals surface area contributed by atoms with E-state index >= 15 is 0 Å². The van der Waals surface area contributed by atoms with Crippen LogP contribution in [0.2, 0.25) is 0 Å². The predicted octanol–water partition coefficient (Wildman–Crippen LogP) is 4.09. The van der Waals surface area contributed by atoms with E-state index in [1.54, 1.807) is 0 Å². The summed E-state index contributed by atoms with van der Waals surface area (Å²) in [4.78, 5) is 11.5. The summed E-state index contributed by atoms with van der Waals surface area (Å²) in [5.41, 5.74) is 4.08. The number of carbonyl (C=O) groups is 1. The van der Waals surface area contributed by atoms with E-state index in [1.807, 2.05) is 6.08 Å². The maximum Gasteiger partial charge on any atom is 0.155 e. The van der Waals surface area contributed by atoms with Gasteiger partial charge in [-0.15, -0.1) is 0 Å². The highest BCUT2D eigenvalue weighted by Gasteiger charge is 2.23. The largest absolute Gasteiger partial charge is 0.295 e. The van der Waals surface area contributed by atoms with Crippen LogP contribution >= 0.6 is 0 Å². The average Bonchev–Trinajstić information content (AvgIpc) is 2.27. The summed E-state index contributed by atoms with van der Waals surface area (Å²) in [6, 6.07) is 8.66. The van der Waals surface area contributed by atoms with Crippen LogP contribution in [0.5, 0.6) is 0 Å². The Balaban J connectivity index is 1.98. The molecule has 2 aliphatic rings. The molecule has 88 valence electrons. The van der Waals surface area contributed by atoms with E-state index in [0.717, 1.165) is 25.2 Å². The van der Waals surface area contributed by atoms with Crippen LogP contribution in [-0.2, 0) is 4.79 Å². The summed E-state index contributed by atoms with van der Waals surface area (Å²) in [6.45, 7) is 0. The van der Waals surface area contributed by atoms with Crippen molar-refractivity contribution in [1.29, 1.82) is 0 Å². The van der Waals surface area contributed by atoms with E-state index in [-0.39, 0.29) is 0 Å². The van der Waals surface area contributed by atoms with Gasteiger partial charge >= 0.3 is 0 Å². The quantitative estimate of drug-likeness (QED) is 0.742. The van der Waals surface area contributed by atoms with Crippen LogP contribution in [-0.4, -0.2) is 5.78 Å². The molecule has 1 saturated carbocycles. The molecular formula is C16H18O. The van der Waals surface area contributed by atoms with Crippen LogP contribution in [0.15, 0.2) is 30.3 Å². The lowest BCUT2D eigenvalue weighted by molar-refractivity contribution is -0.114. The van der Waals surface area contributed by atoms with Gasteiger partial charge in [-0.05, 0) is 54.4 Å². The number of hydrogen-bond donors (Lipinski definition) is 0. The molecule has 2 aliphatic carbocycles. The van der Waals surface area contributed by atoms with Crippen LogP contribution in [0.1, 0.15) is 55.6 Å². The van der Waals surface area contributed by atoms with E-state index in [2.05, 4.69) is 24.3 Å². The maximum absolute atomic E-state index is 11.5.